The molecule has 0 unspecified atom stereocenters. The van der Waals surface area contributed by atoms with Gasteiger partial charge in [0.05, 0.1) is 30.9 Å². The molecule has 2 aromatic heterocycles. The maximum absolute atomic E-state index is 13.1. The fourth-order valence-electron chi connectivity index (χ4n) is 5.25. The SMILES string of the molecule is COc1c(-c2ccc(-c3ccc(CCCCCC(=O)N4CC(O)C4)cc3)cc2)nc2ccncc2c1C(=O)/C=C/CO. The molecule has 3 heterocycles. The summed E-state index contributed by atoms with van der Waals surface area (Å²) in [7, 11) is 1.52. The maximum Gasteiger partial charge on any atom is 0.222 e. The van der Waals surface area contributed by atoms with Gasteiger partial charge in [0, 0.05) is 42.9 Å². The molecule has 1 saturated heterocycles. The lowest BCUT2D eigenvalue weighted by Crippen LogP contribution is -2.53. The Labute approximate surface area is 245 Å². The van der Waals surface area contributed by atoms with Gasteiger partial charge in [0.2, 0.25) is 5.91 Å². The number of benzene rings is 2. The molecule has 0 atom stereocenters. The van der Waals surface area contributed by atoms with E-state index in [2.05, 4.69) is 29.2 Å². The van der Waals surface area contributed by atoms with Gasteiger partial charge in [-0.25, -0.2) is 4.98 Å². The average molecular weight is 566 g/mol. The molecule has 0 aliphatic carbocycles. The number of likely N-dealkylation sites (tertiary alicyclic amines) is 1. The van der Waals surface area contributed by atoms with E-state index in [0.717, 1.165) is 42.4 Å². The number of fused-ring (bicyclic) bond motifs is 1. The predicted octanol–water partition coefficient (Wildman–Crippen LogP) is 5.01. The van der Waals surface area contributed by atoms with E-state index in [0.29, 0.717) is 47.4 Å². The molecule has 8 nitrogen and oxygen atoms in total. The highest BCUT2D eigenvalue weighted by atomic mass is 16.5. The van der Waals surface area contributed by atoms with E-state index < -0.39 is 0 Å². The number of hydrogen-bond acceptors (Lipinski definition) is 7. The molecule has 2 N–H and O–H groups in total. The van der Waals surface area contributed by atoms with Crippen LogP contribution >= 0.6 is 0 Å². The molecule has 0 bridgehead atoms. The summed E-state index contributed by atoms with van der Waals surface area (Å²) in [6, 6.07) is 18.3. The number of ketones is 1. The number of rotatable bonds is 12. The highest BCUT2D eigenvalue weighted by Gasteiger charge is 2.28. The number of methoxy groups -OCH3 is 1. The lowest BCUT2D eigenvalue weighted by Gasteiger charge is -2.35. The van der Waals surface area contributed by atoms with Crippen LogP contribution in [0.15, 0.2) is 79.1 Å². The number of aryl methyl sites for hydroxylation is 1. The largest absolute Gasteiger partial charge is 0.494 e. The van der Waals surface area contributed by atoms with E-state index in [1.807, 2.05) is 24.3 Å². The van der Waals surface area contributed by atoms with Gasteiger partial charge in [0.15, 0.2) is 11.5 Å². The van der Waals surface area contributed by atoms with Crippen molar-refractivity contribution < 1.29 is 24.5 Å². The van der Waals surface area contributed by atoms with Crippen LogP contribution in [0, 0.1) is 0 Å². The molecule has 1 amide bonds. The van der Waals surface area contributed by atoms with Crippen molar-refractivity contribution in [2.24, 2.45) is 0 Å². The first-order chi connectivity index (χ1) is 20.5. The fourth-order valence-corrected chi connectivity index (χ4v) is 5.25. The van der Waals surface area contributed by atoms with E-state index in [9.17, 15) is 14.7 Å². The van der Waals surface area contributed by atoms with E-state index in [1.165, 1.54) is 24.8 Å². The molecule has 216 valence electrons. The Morgan fingerprint density at radius 3 is 2.33 bits per heavy atom. The number of β-amino-alcohol motifs (C(OH)–C–C–N with tert-alkyl or cyclic N) is 1. The molecule has 0 saturated carbocycles. The number of carbonyl (C=O) groups is 2. The summed E-state index contributed by atoms with van der Waals surface area (Å²) in [5.74, 6) is 0.219. The number of unbranched alkanes of at least 4 members (excludes halogenated alkanes) is 2. The zero-order chi connectivity index (χ0) is 29.5. The topological polar surface area (TPSA) is 113 Å². The van der Waals surface area contributed by atoms with Crippen molar-refractivity contribution in [2.45, 2.75) is 38.2 Å². The third kappa shape index (κ3) is 6.56. The van der Waals surface area contributed by atoms with Crippen LogP contribution < -0.4 is 4.74 Å². The van der Waals surface area contributed by atoms with Crippen molar-refractivity contribution in [3.05, 3.63) is 90.3 Å². The summed E-state index contributed by atoms with van der Waals surface area (Å²) in [4.78, 5) is 35.8. The second-order valence-corrected chi connectivity index (χ2v) is 10.5. The summed E-state index contributed by atoms with van der Waals surface area (Å²) in [6.45, 7) is 0.719. The summed E-state index contributed by atoms with van der Waals surface area (Å²) >= 11 is 0. The molecule has 5 rings (SSSR count). The highest BCUT2D eigenvalue weighted by molar-refractivity contribution is 6.16. The molecule has 8 heteroatoms. The molecule has 0 spiro atoms. The van der Waals surface area contributed by atoms with Crippen LogP contribution in [0.4, 0.5) is 0 Å². The van der Waals surface area contributed by atoms with Crippen LogP contribution in [0.5, 0.6) is 5.75 Å². The first-order valence-electron chi connectivity index (χ1n) is 14.3. The second-order valence-electron chi connectivity index (χ2n) is 10.5. The Morgan fingerprint density at radius 1 is 0.976 bits per heavy atom. The molecule has 0 radical (unpaired) electrons. The molecule has 42 heavy (non-hydrogen) atoms. The van der Waals surface area contributed by atoms with Crippen molar-refractivity contribution in [3.63, 3.8) is 0 Å². The third-order valence-corrected chi connectivity index (χ3v) is 7.58. The van der Waals surface area contributed by atoms with Crippen LogP contribution in [0.1, 0.15) is 41.6 Å². The fraction of sp³-hybridized carbons (Fsp3) is 0.294. The molecular weight excluding hydrogens is 530 g/mol. The molecule has 1 fully saturated rings. The Balaban J connectivity index is 1.26. The number of hydrogen-bond donors (Lipinski definition) is 2. The Bertz CT molecular complexity index is 1580. The van der Waals surface area contributed by atoms with Gasteiger partial charge < -0.3 is 19.8 Å². The Morgan fingerprint density at radius 2 is 1.67 bits per heavy atom. The number of pyridine rings is 2. The Hall–Kier alpha value is -4.40. The lowest BCUT2D eigenvalue weighted by atomic mass is 9.97. The van der Waals surface area contributed by atoms with Gasteiger partial charge in [-0.15, -0.1) is 0 Å². The number of nitrogens with zero attached hydrogens (tertiary/aromatic N) is 3. The number of aliphatic hydroxyl groups is 2. The predicted molar refractivity (Wildman–Crippen MR) is 162 cm³/mol. The number of amides is 1. The van der Waals surface area contributed by atoms with Crippen LogP contribution in [0.25, 0.3) is 33.3 Å². The number of carbonyl (C=O) groups excluding carboxylic acids is 2. The summed E-state index contributed by atoms with van der Waals surface area (Å²) < 4.78 is 5.71. The standard InChI is InChI=1S/C34H35N3O5/c1-42-34-32(30(40)7-5-19-38)28-20-35-18-17-29(28)36-33(34)26-15-13-25(14-16-26)24-11-9-23(10-12-24)6-3-2-4-8-31(41)37-21-27(39)22-37/h5,7,9-18,20,27,38-39H,2-4,6,8,19,21-22H2,1H3/b7-5+. The maximum atomic E-state index is 13.1. The van der Waals surface area contributed by atoms with E-state index in [4.69, 9.17) is 14.8 Å². The summed E-state index contributed by atoms with van der Waals surface area (Å²) in [6.07, 6.45) is 10.0. The van der Waals surface area contributed by atoms with E-state index in [-0.39, 0.29) is 24.4 Å². The summed E-state index contributed by atoms with van der Waals surface area (Å²) in [5.41, 5.74) is 5.78. The van der Waals surface area contributed by atoms with Gasteiger partial charge in [0.25, 0.3) is 0 Å². The molecule has 2 aromatic carbocycles. The van der Waals surface area contributed by atoms with Crippen LogP contribution in [0.3, 0.4) is 0 Å². The van der Waals surface area contributed by atoms with Crippen molar-refractivity contribution in [2.75, 3.05) is 26.8 Å². The van der Waals surface area contributed by atoms with Gasteiger partial charge in [-0.3, -0.25) is 14.6 Å². The first kappa shape index (κ1) is 29.1. The smallest absolute Gasteiger partial charge is 0.222 e. The van der Waals surface area contributed by atoms with Crippen molar-refractivity contribution in [1.29, 1.82) is 0 Å². The van der Waals surface area contributed by atoms with Gasteiger partial charge in [0.1, 0.15) is 5.69 Å². The normalized spacial score (nSPS) is 13.5. The number of aliphatic hydroxyl groups excluding tert-OH is 2. The van der Waals surface area contributed by atoms with E-state index >= 15 is 0 Å². The first-order valence-corrected chi connectivity index (χ1v) is 14.3. The number of ether oxygens (including phenoxy) is 1. The average Bonchev–Trinajstić information content (AvgIpc) is 3.01. The van der Waals surface area contributed by atoms with Crippen molar-refractivity contribution >= 4 is 22.6 Å². The van der Waals surface area contributed by atoms with Crippen LogP contribution in [-0.2, 0) is 11.2 Å². The van der Waals surface area contributed by atoms with Crippen LogP contribution in [-0.4, -0.2) is 69.7 Å². The minimum Gasteiger partial charge on any atom is -0.494 e. The lowest BCUT2D eigenvalue weighted by molar-refractivity contribution is -0.141. The number of allylic oxidation sites excluding steroid dienone is 1. The van der Waals surface area contributed by atoms with Crippen molar-refractivity contribution in [3.8, 4) is 28.1 Å². The monoisotopic (exact) mass is 565 g/mol. The quantitative estimate of drug-likeness (QED) is 0.141. The van der Waals surface area contributed by atoms with Gasteiger partial charge >= 0.3 is 0 Å². The second kappa shape index (κ2) is 13.5. The molecule has 4 aromatic rings. The van der Waals surface area contributed by atoms with Crippen LogP contribution in [0.2, 0.25) is 0 Å². The van der Waals surface area contributed by atoms with Crippen molar-refractivity contribution in [1.82, 2.24) is 14.9 Å². The minimum absolute atomic E-state index is 0.145. The zero-order valence-corrected chi connectivity index (χ0v) is 23.7. The third-order valence-electron chi connectivity index (χ3n) is 7.58. The molecule has 1 aliphatic heterocycles. The van der Waals surface area contributed by atoms with Gasteiger partial charge in [-0.1, -0.05) is 61.0 Å². The Kier molecular flexibility index (Phi) is 9.36. The summed E-state index contributed by atoms with van der Waals surface area (Å²) in [5, 5.41) is 19.1. The minimum atomic E-state index is -0.343. The molecule has 1 aliphatic rings. The van der Waals surface area contributed by atoms with Gasteiger partial charge in [-0.2, -0.15) is 0 Å². The zero-order valence-electron chi connectivity index (χ0n) is 23.7. The highest BCUT2D eigenvalue weighted by Crippen LogP contribution is 2.37. The van der Waals surface area contributed by atoms with Gasteiger partial charge in [-0.05, 0) is 48.1 Å². The number of aromatic nitrogens is 2. The van der Waals surface area contributed by atoms with E-state index in [1.54, 1.807) is 23.4 Å². The molecular formula is C34H35N3O5.